The molecule has 14 heavy (non-hydrogen) atoms. The zero-order chi connectivity index (χ0) is 10.8. The molecule has 0 saturated heterocycles. The van der Waals surface area contributed by atoms with Crippen LogP contribution in [0.4, 0.5) is 0 Å². The first-order valence-electron chi connectivity index (χ1n) is 5.63. The Bertz CT molecular complexity index is 120. The first kappa shape index (κ1) is 14.2. The number of aliphatic hydroxyl groups is 1. The van der Waals surface area contributed by atoms with E-state index in [-0.39, 0.29) is 0 Å². The number of alkyl halides is 1. The van der Waals surface area contributed by atoms with Gasteiger partial charge in [0.2, 0.25) is 0 Å². The molecule has 0 aromatic rings. The number of hydrogen-bond donors (Lipinski definition) is 1. The monoisotopic (exact) mass is 221 g/mol. The lowest BCUT2D eigenvalue weighted by atomic mass is 10.2. The molecule has 0 bridgehead atoms. The van der Waals surface area contributed by atoms with Crippen LogP contribution in [-0.2, 0) is 0 Å². The third-order valence-electron chi connectivity index (χ3n) is 2.41. The lowest BCUT2D eigenvalue weighted by Gasteiger charge is -2.26. The van der Waals surface area contributed by atoms with Crippen molar-refractivity contribution in [2.45, 2.75) is 45.6 Å². The minimum atomic E-state index is 0.297. The summed E-state index contributed by atoms with van der Waals surface area (Å²) in [6.45, 7) is 6.85. The van der Waals surface area contributed by atoms with Gasteiger partial charge in [0.05, 0.1) is 0 Å². The summed E-state index contributed by atoms with van der Waals surface area (Å²) in [5, 5.41) is 8.76. The summed E-state index contributed by atoms with van der Waals surface area (Å²) in [6, 6.07) is 0.581. The fraction of sp³-hybridized carbons (Fsp3) is 1.00. The van der Waals surface area contributed by atoms with E-state index in [4.69, 9.17) is 16.7 Å². The first-order valence-corrected chi connectivity index (χ1v) is 6.16. The van der Waals surface area contributed by atoms with Crippen molar-refractivity contribution >= 4 is 11.6 Å². The van der Waals surface area contributed by atoms with Crippen LogP contribution in [0.25, 0.3) is 0 Å². The normalized spacial score (nSPS) is 11.6. The van der Waals surface area contributed by atoms with E-state index in [1.165, 1.54) is 12.8 Å². The van der Waals surface area contributed by atoms with Gasteiger partial charge in [0.25, 0.3) is 0 Å². The molecule has 0 spiro atoms. The molecule has 0 saturated carbocycles. The lowest BCUT2D eigenvalue weighted by molar-refractivity contribution is 0.189. The molecule has 0 fully saturated rings. The molecular weight excluding hydrogens is 198 g/mol. The molecule has 86 valence electrons. The number of aliphatic hydroxyl groups excluding tert-OH is 1. The Morgan fingerprint density at radius 1 is 1.07 bits per heavy atom. The van der Waals surface area contributed by atoms with Crippen LogP contribution in [0.2, 0.25) is 0 Å². The zero-order valence-corrected chi connectivity index (χ0v) is 10.3. The van der Waals surface area contributed by atoms with Gasteiger partial charge in [-0.2, -0.15) is 0 Å². The standard InChI is InChI=1S/C11H24ClNO/c1-11(2)13(9-6-10-14)8-5-3-4-7-12/h11,14H,3-10H2,1-2H3. The molecule has 0 aromatic carbocycles. The molecule has 0 aliphatic heterocycles. The molecule has 0 aromatic heterocycles. The maximum atomic E-state index is 8.76. The predicted octanol–water partition coefficient (Wildman–Crippen LogP) is 2.49. The Kier molecular flexibility index (Phi) is 9.90. The number of halogens is 1. The van der Waals surface area contributed by atoms with Crippen LogP contribution < -0.4 is 0 Å². The lowest BCUT2D eigenvalue weighted by Crippen LogP contribution is -2.33. The summed E-state index contributed by atoms with van der Waals surface area (Å²) in [4.78, 5) is 2.42. The van der Waals surface area contributed by atoms with E-state index in [1.54, 1.807) is 0 Å². The molecule has 1 N–H and O–H groups in total. The highest BCUT2D eigenvalue weighted by Gasteiger charge is 2.07. The van der Waals surface area contributed by atoms with Crippen LogP contribution >= 0.6 is 11.6 Å². The maximum Gasteiger partial charge on any atom is 0.0443 e. The highest BCUT2D eigenvalue weighted by Crippen LogP contribution is 2.04. The first-order chi connectivity index (χ1) is 6.72. The Hall–Kier alpha value is 0.210. The van der Waals surface area contributed by atoms with Gasteiger partial charge in [-0.3, -0.25) is 0 Å². The Morgan fingerprint density at radius 2 is 1.71 bits per heavy atom. The molecule has 0 heterocycles. The third-order valence-corrected chi connectivity index (χ3v) is 2.68. The molecule has 3 heteroatoms. The van der Waals surface area contributed by atoms with E-state index >= 15 is 0 Å². The minimum Gasteiger partial charge on any atom is -0.396 e. The summed E-state index contributed by atoms with van der Waals surface area (Å²) in [6.07, 6.45) is 4.43. The van der Waals surface area contributed by atoms with Gasteiger partial charge in [-0.05, 0) is 39.7 Å². The number of rotatable bonds is 9. The summed E-state index contributed by atoms with van der Waals surface area (Å²) >= 11 is 5.62. The van der Waals surface area contributed by atoms with Crippen molar-refractivity contribution in [3.05, 3.63) is 0 Å². The largest absolute Gasteiger partial charge is 0.396 e. The number of nitrogens with zero attached hydrogens (tertiary/aromatic N) is 1. The molecule has 0 aliphatic rings. The van der Waals surface area contributed by atoms with Gasteiger partial charge < -0.3 is 10.0 Å². The maximum absolute atomic E-state index is 8.76. The molecular formula is C11H24ClNO. The molecule has 0 unspecified atom stereocenters. The highest BCUT2D eigenvalue weighted by molar-refractivity contribution is 6.17. The van der Waals surface area contributed by atoms with E-state index in [9.17, 15) is 0 Å². The van der Waals surface area contributed by atoms with Crippen LogP contribution in [0.15, 0.2) is 0 Å². The third kappa shape index (κ3) is 7.60. The van der Waals surface area contributed by atoms with Gasteiger partial charge in [0, 0.05) is 25.1 Å². The SMILES string of the molecule is CC(C)N(CCCO)CCCCCCl. The van der Waals surface area contributed by atoms with Crippen molar-refractivity contribution in [2.24, 2.45) is 0 Å². The predicted molar refractivity (Wildman–Crippen MR) is 63.0 cm³/mol. The van der Waals surface area contributed by atoms with E-state index in [0.717, 1.165) is 31.8 Å². The Morgan fingerprint density at radius 3 is 2.21 bits per heavy atom. The van der Waals surface area contributed by atoms with E-state index in [0.29, 0.717) is 12.6 Å². The summed E-state index contributed by atoms with van der Waals surface area (Å²) in [5.41, 5.74) is 0. The molecule has 0 atom stereocenters. The van der Waals surface area contributed by atoms with Gasteiger partial charge in [-0.1, -0.05) is 6.42 Å². The van der Waals surface area contributed by atoms with Crippen molar-refractivity contribution in [1.29, 1.82) is 0 Å². The Balaban J connectivity index is 3.52. The van der Waals surface area contributed by atoms with Crippen LogP contribution in [0.1, 0.15) is 39.5 Å². The smallest absolute Gasteiger partial charge is 0.0443 e. The average Bonchev–Trinajstić information content (AvgIpc) is 2.16. The van der Waals surface area contributed by atoms with Crippen LogP contribution in [0, 0.1) is 0 Å². The molecule has 2 nitrogen and oxygen atoms in total. The van der Waals surface area contributed by atoms with Crippen LogP contribution in [0.3, 0.4) is 0 Å². The average molecular weight is 222 g/mol. The molecule has 0 aliphatic carbocycles. The summed E-state index contributed by atoms with van der Waals surface area (Å²) in [7, 11) is 0. The van der Waals surface area contributed by atoms with Crippen LogP contribution in [-0.4, -0.2) is 41.6 Å². The second kappa shape index (κ2) is 9.75. The summed E-state index contributed by atoms with van der Waals surface area (Å²) in [5.74, 6) is 0.776. The van der Waals surface area contributed by atoms with E-state index in [2.05, 4.69) is 18.7 Å². The van der Waals surface area contributed by atoms with E-state index < -0.39 is 0 Å². The molecule has 0 radical (unpaired) electrons. The topological polar surface area (TPSA) is 23.5 Å². The summed E-state index contributed by atoms with van der Waals surface area (Å²) < 4.78 is 0. The van der Waals surface area contributed by atoms with Crippen molar-refractivity contribution in [1.82, 2.24) is 4.90 Å². The quantitative estimate of drug-likeness (QED) is 0.478. The number of hydrogen-bond acceptors (Lipinski definition) is 2. The van der Waals surface area contributed by atoms with Gasteiger partial charge >= 0.3 is 0 Å². The second-order valence-corrected chi connectivity index (χ2v) is 4.33. The Labute approximate surface area is 93.2 Å². The van der Waals surface area contributed by atoms with Crippen LogP contribution in [0.5, 0.6) is 0 Å². The fourth-order valence-electron chi connectivity index (χ4n) is 1.49. The number of unbranched alkanes of at least 4 members (excludes halogenated alkanes) is 2. The highest BCUT2D eigenvalue weighted by atomic mass is 35.5. The van der Waals surface area contributed by atoms with Crippen molar-refractivity contribution in [3.63, 3.8) is 0 Å². The van der Waals surface area contributed by atoms with Gasteiger partial charge in [0.15, 0.2) is 0 Å². The van der Waals surface area contributed by atoms with Crippen molar-refractivity contribution < 1.29 is 5.11 Å². The fourth-order valence-corrected chi connectivity index (χ4v) is 1.68. The van der Waals surface area contributed by atoms with Gasteiger partial charge in [0.1, 0.15) is 0 Å². The van der Waals surface area contributed by atoms with Crippen molar-refractivity contribution in [2.75, 3.05) is 25.6 Å². The molecule has 0 rings (SSSR count). The molecule has 0 amide bonds. The van der Waals surface area contributed by atoms with Gasteiger partial charge in [-0.15, -0.1) is 11.6 Å². The second-order valence-electron chi connectivity index (χ2n) is 3.96. The van der Waals surface area contributed by atoms with Gasteiger partial charge in [-0.25, -0.2) is 0 Å². The van der Waals surface area contributed by atoms with E-state index in [1.807, 2.05) is 0 Å². The zero-order valence-electron chi connectivity index (χ0n) is 9.51. The van der Waals surface area contributed by atoms with Crippen molar-refractivity contribution in [3.8, 4) is 0 Å². The minimum absolute atomic E-state index is 0.297.